The fraction of sp³-hybridized carbons (Fsp3) is 0.611. The minimum atomic E-state index is -3.18. The van der Waals surface area contributed by atoms with Gasteiger partial charge in [0.05, 0.1) is 17.1 Å². The molecule has 2 aliphatic heterocycles. The zero-order valence-electron chi connectivity index (χ0n) is 15.8. The molecule has 0 N–H and O–H groups in total. The van der Waals surface area contributed by atoms with Crippen LogP contribution >= 0.6 is 11.3 Å². The van der Waals surface area contributed by atoms with Gasteiger partial charge in [0, 0.05) is 32.1 Å². The number of amides is 1. The molecule has 0 unspecified atom stereocenters. The Kier molecular flexibility index (Phi) is 5.52. The van der Waals surface area contributed by atoms with Gasteiger partial charge >= 0.3 is 0 Å². The van der Waals surface area contributed by atoms with Gasteiger partial charge in [-0.25, -0.2) is 12.7 Å². The Labute approximate surface area is 168 Å². The second-order valence-corrected chi connectivity index (χ2v) is 10.4. The summed E-state index contributed by atoms with van der Waals surface area (Å²) in [6, 6.07) is 3.89. The minimum Gasteiger partial charge on any atom is -0.420 e. The van der Waals surface area contributed by atoms with E-state index in [1.165, 1.54) is 10.6 Å². The molecular weight excluding hydrogens is 400 g/mol. The molecule has 2 fully saturated rings. The molecule has 0 aliphatic carbocycles. The largest absolute Gasteiger partial charge is 0.420 e. The van der Waals surface area contributed by atoms with Crippen molar-refractivity contribution in [1.82, 2.24) is 19.4 Å². The zero-order valence-corrected chi connectivity index (χ0v) is 17.4. The quantitative estimate of drug-likeness (QED) is 0.746. The molecule has 152 valence electrons. The van der Waals surface area contributed by atoms with Crippen molar-refractivity contribution in [3.05, 3.63) is 23.4 Å². The third-order valence-electron chi connectivity index (χ3n) is 5.53. The van der Waals surface area contributed by atoms with Crippen molar-refractivity contribution in [2.75, 3.05) is 32.4 Å². The molecule has 1 amide bonds. The Bertz CT molecular complexity index is 917. The van der Waals surface area contributed by atoms with E-state index in [0.29, 0.717) is 44.3 Å². The van der Waals surface area contributed by atoms with Gasteiger partial charge in [0.1, 0.15) is 0 Å². The van der Waals surface area contributed by atoms with E-state index in [4.69, 9.17) is 4.42 Å². The average molecular weight is 425 g/mol. The SMILES string of the molecule is CS(=O)(=O)N1CCC(C(=O)N2CCC[C@@H](c3nnc(-c4cccs4)o3)C2)CC1. The van der Waals surface area contributed by atoms with E-state index in [2.05, 4.69) is 10.2 Å². The van der Waals surface area contributed by atoms with Crippen LogP contribution in [-0.4, -0.2) is 66.2 Å². The highest BCUT2D eigenvalue weighted by Crippen LogP contribution is 2.31. The van der Waals surface area contributed by atoms with Crippen molar-refractivity contribution < 1.29 is 17.6 Å². The van der Waals surface area contributed by atoms with E-state index >= 15 is 0 Å². The summed E-state index contributed by atoms with van der Waals surface area (Å²) in [5.41, 5.74) is 0. The smallest absolute Gasteiger partial charge is 0.257 e. The number of hydrogen-bond donors (Lipinski definition) is 0. The number of hydrogen-bond acceptors (Lipinski definition) is 7. The Balaban J connectivity index is 1.38. The predicted octanol–water partition coefficient (Wildman–Crippen LogP) is 2.18. The lowest BCUT2D eigenvalue weighted by molar-refractivity contribution is -0.138. The van der Waals surface area contributed by atoms with Crippen molar-refractivity contribution >= 4 is 27.3 Å². The molecule has 2 aromatic heterocycles. The van der Waals surface area contributed by atoms with Crippen molar-refractivity contribution in [2.24, 2.45) is 5.92 Å². The third-order valence-corrected chi connectivity index (χ3v) is 7.69. The zero-order chi connectivity index (χ0) is 19.7. The van der Waals surface area contributed by atoms with Gasteiger partial charge in [0.25, 0.3) is 5.89 Å². The van der Waals surface area contributed by atoms with Crippen LogP contribution in [0.3, 0.4) is 0 Å². The van der Waals surface area contributed by atoms with Gasteiger partial charge < -0.3 is 9.32 Å². The Hall–Kier alpha value is -1.78. The highest BCUT2D eigenvalue weighted by atomic mass is 32.2. The maximum absolute atomic E-state index is 13.0. The van der Waals surface area contributed by atoms with Gasteiger partial charge in [-0.1, -0.05) is 6.07 Å². The number of piperidine rings is 2. The number of sulfonamides is 1. The van der Waals surface area contributed by atoms with Crippen LogP contribution in [0.4, 0.5) is 0 Å². The fourth-order valence-corrected chi connectivity index (χ4v) is 5.49. The summed E-state index contributed by atoms with van der Waals surface area (Å²) in [6.45, 7) is 2.14. The number of nitrogens with zero attached hydrogens (tertiary/aromatic N) is 4. The third kappa shape index (κ3) is 4.13. The number of aromatic nitrogens is 2. The predicted molar refractivity (Wildman–Crippen MR) is 105 cm³/mol. The monoisotopic (exact) mass is 424 g/mol. The lowest BCUT2D eigenvalue weighted by Crippen LogP contribution is -2.46. The molecule has 10 heteroatoms. The van der Waals surface area contributed by atoms with Crippen LogP contribution in [0.25, 0.3) is 10.8 Å². The first-order valence-electron chi connectivity index (χ1n) is 9.53. The van der Waals surface area contributed by atoms with Crippen molar-refractivity contribution in [1.29, 1.82) is 0 Å². The molecule has 1 atom stereocenters. The Morgan fingerprint density at radius 2 is 2.00 bits per heavy atom. The molecule has 0 radical (unpaired) electrons. The summed E-state index contributed by atoms with van der Waals surface area (Å²) in [6.07, 6.45) is 4.20. The summed E-state index contributed by atoms with van der Waals surface area (Å²) < 4.78 is 30.6. The summed E-state index contributed by atoms with van der Waals surface area (Å²) in [4.78, 5) is 15.8. The highest BCUT2D eigenvalue weighted by Gasteiger charge is 2.34. The molecule has 2 aliphatic rings. The number of likely N-dealkylation sites (tertiary alicyclic amines) is 1. The minimum absolute atomic E-state index is 0.0509. The van der Waals surface area contributed by atoms with E-state index in [9.17, 15) is 13.2 Å². The van der Waals surface area contributed by atoms with E-state index in [0.717, 1.165) is 24.3 Å². The van der Waals surface area contributed by atoms with Gasteiger partial charge in [-0.15, -0.1) is 21.5 Å². The first-order chi connectivity index (χ1) is 13.4. The van der Waals surface area contributed by atoms with Crippen molar-refractivity contribution in [2.45, 2.75) is 31.6 Å². The number of carbonyl (C=O) groups is 1. The molecule has 28 heavy (non-hydrogen) atoms. The fourth-order valence-electron chi connectivity index (χ4n) is 3.97. The maximum atomic E-state index is 13.0. The molecule has 0 spiro atoms. The molecule has 0 bridgehead atoms. The first-order valence-corrected chi connectivity index (χ1v) is 12.3. The first kappa shape index (κ1) is 19.5. The lowest BCUT2D eigenvalue weighted by atomic mass is 9.93. The highest BCUT2D eigenvalue weighted by molar-refractivity contribution is 7.88. The average Bonchev–Trinajstić information content (AvgIpc) is 3.38. The van der Waals surface area contributed by atoms with Crippen molar-refractivity contribution in [3.8, 4) is 10.8 Å². The van der Waals surface area contributed by atoms with Gasteiger partial charge in [0.2, 0.25) is 21.8 Å². The number of thiophene rings is 1. The van der Waals surface area contributed by atoms with Gasteiger partial charge in [0.15, 0.2) is 0 Å². The molecule has 0 aromatic carbocycles. The Morgan fingerprint density at radius 3 is 2.68 bits per heavy atom. The van der Waals surface area contributed by atoms with E-state index < -0.39 is 10.0 Å². The van der Waals surface area contributed by atoms with Crippen LogP contribution in [0.15, 0.2) is 21.9 Å². The number of rotatable bonds is 4. The van der Waals surface area contributed by atoms with Gasteiger partial charge in [-0.3, -0.25) is 4.79 Å². The standard InChI is InChI=1S/C18H24N4O4S2/c1-28(24,25)22-9-6-13(7-10-22)18(23)21-8-2-4-14(12-21)16-19-20-17(26-16)15-5-3-11-27-15/h3,5,11,13-14H,2,4,6-10,12H2,1H3/t14-/m1/s1. The van der Waals surface area contributed by atoms with E-state index in [1.54, 1.807) is 11.3 Å². The van der Waals surface area contributed by atoms with Crippen molar-refractivity contribution in [3.63, 3.8) is 0 Å². The van der Waals surface area contributed by atoms with Crippen LogP contribution < -0.4 is 0 Å². The second kappa shape index (κ2) is 7.92. The normalized spacial score (nSPS) is 22.5. The van der Waals surface area contributed by atoms with Crippen LogP contribution in [0.2, 0.25) is 0 Å². The summed E-state index contributed by atoms with van der Waals surface area (Å²) in [7, 11) is -3.18. The Morgan fingerprint density at radius 1 is 1.21 bits per heavy atom. The van der Waals surface area contributed by atoms with Gasteiger partial charge in [-0.05, 0) is 37.1 Å². The molecule has 8 nitrogen and oxygen atoms in total. The molecule has 0 saturated carbocycles. The molecule has 2 saturated heterocycles. The van der Waals surface area contributed by atoms with Crippen LogP contribution in [0.1, 0.15) is 37.5 Å². The van der Waals surface area contributed by atoms with Crippen LogP contribution in [-0.2, 0) is 14.8 Å². The van der Waals surface area contributed by atoms with E-state index in [-0.39, 0.29) is 17.7 Å². The molecule has 4 heterocycles. The van der Waals surface area contributed by atoms with Crippen LogP contribution in [0.5, 0.6) is 0 Å². The molecule has 2 aromatic rings. The maximum Gasteiger partial charge on any atom is 0.257 e. The lowest BCUT2D eigenvalue weighted by Gasteiger charge is -2.36. The van der Waals surface area contributed by atoms with Gasteiger partial charge in [-0.2, -0.15) is 0 Å². The number of carbonyl (C=O) groups excluding carboxylic acids is 1. The second-order valence-electron chi connectivity index (χ2n) is 7.48. The summed E-state index contributed by atoms with van der Waals surface area (Å²) in [5.74, 6) is 1.18. The topological polar surface area (TPSA) is 96.6 Å². The molecular formula is C18H24N4O4S2. The summed E-state index contributed by atoms with van der Waals surface area (Å²) >= 11 is 1.55. The summed E-state index contributed by atoms with van der Waals surface area (Å²) in [5, 5.41) is 10.3. The van der Waals surface area contributed by atoms with E-state index in [1.807, 2.05) is 22.4 Å². The van der Waals surface area contributed by atoms with Crippen LogP contribution in [0, 0.1) is 5.92 Å². The molecule has 4 rings (SSSR count).